The Kier molecular flexibility index (Phi) is 4.26. The quantitative estimate of drug-likeness (QED) is 0.230. The third-order valence-electron chi connectivity index (χ3n) is 7.56. The number of aromatic nitrogens is 2. The molecule has 2 aromatic heterocycles. The topological polar surface area (TPSA) is 17.3 Å². The van der Waals surface area contributed by atoms with Crippen LogP contribution in [0.3, 0.4) is 0 Å². The van der Waals surface area contributed by atoms with Crippen LogP contribution in [0.2, 0.25) is 0 Å². The summed E-state index contributed by atoms with van der Waals surface area (Å²) in [4.78, 5) is 4.99. The molecule has 2 heteroatoms. The largest absolute Gasteiger partial charge is 0.292 e. The molecule has 0 amide bonds. The van der Waals surface area contributed by atoms with Crippen LogP contribution in [-0.4, -0.2) is 9.38 Å². The van der Waals surface area contributed by atoms with Crippen molar-refractivity contribution in [2.75, 3.05) is 0 Å². The van der Waals surface area contributed by atoms with Gasteiger partial charge in [0.2, 0.25) is 0 Å². The van der Waals surface area contributed by atoms with Crippen molar-refractivity contribution < 1.29 is 0 Å². The van der Waals surface area contributed by atoms with E-state index in [2.05, 4.69) is 138 Å². The Labute approximate surface area is 214 Å². The zero-order chi connectivity index (χ0) is 24.3. The first-order valence-electron chi connectivity index (χ1n) is 12.6. The molecule has 37 heavy (non-hydrogen) atoms. The van der Waals surface area contributed by atoms with Gasteiger partial charge in [-0.05, 0) is 68.7 Å². The lowest BCUT2D eigenvalue weighted by Crippen LogP contribution is -1.92. The molecule has 8 rings (SSSR count). The van der Waals surface area contributed by atoms with E-state index in [9.17, 15) is 0 Å². The highest BCUT2D eigenvalue weighted by atomic mass is 15.0. The Bertz CT molecular complexity index is 2130. The van der Waals surface area contributed by atoms with Gasteiger partial charge in [0.15, 0.2) is 0 Å². The van der Waals surface area contributed by atoms with Crippen molar-refractivity contribution in [3.63, 3.8) is 0 Å². The second-order valence-corrected chi connectivity index (χ2v) is 9.68. The summed E-state index contributed by atoms with van der Waals surface area (Å²) in [6.07, 6.45) is 0. The van der Waals surface area contributed by atoms with Gasteiger partial charge >= 0.3 is 0 Å². The maximum Gasteiger partial charge on any atom is 0.146 e. The lowest BCUT2D eigenvalue weighted by atomic mass is 9.97. The molecule has 0 unspecified atom stereocenters. The summed E-state index contributed by atoms with van der Waals surface area (Å²) in [6, 6.07) is 47.9. The van der Waals surface area contributed by atoms with Crippen molar-refractivity contribution in [2.45, 2.75) is 0 Å². The Morgan fingerprint density at radius 1 is 0.405 bits per heavy atom. The van der Waals surface area contributed by atoms with E-state index < -0.39 is 0 Å². The minimum absolute atomic E-state index is 1.01. The highest BCUT2D eigenvalue weighted by molar-refractivity contribution is 6.14. The van der Waals surface area contributed by atoms with Gasteiger partial charge in [-0.3, -0.25) is 4.40 Å². The third-order valence-corrected chi connectivity index (χ3v) is 7.56. The third kappa shape index (κ3) is 3.09. The molecule has 0 radical (unpaired) electrons. The Morgan fingerprint density at radius 2 is 1.03 bits per heavy atom. The summed E-state index contributed by atoms with van der Waals surface area (Å²) >= 11 is 0. The fraction of sp³-hybridized carbons (Fsp3) is 0. The lowest BCUT2D eigenvalue weighted by molar-refractivity contribution is 1.31. The summed E-state index contributed by atoms with van der Waals surface area (Å²) in [5.41, 5.74) is 9.25. The van der Waals surface area contributed by atoms with Crippen molar-refractivity contribution in [2.24, 2.45) is 0 Å². The average molecular weight is 471 g/mol. The SMILES string of the molecule is c1ccc2cc(-c3ccc(-c4ccc5c(c4)c4ccccc4c4nc6ccccc6n54)cc3)ccc2c1. The predicted molar refractivity (Wildman–Crippen MR) is 156 cm³/mol. The summed E-state index contributed by atoms with van der Waals surface area (Å²) in [5.74, 6) is 0. The number of hydrogen-bond acceptors (Lipinski definition) is 1. The van der Waals surface area contributed by atoms with Crippen LogP contribution < -0.4 is 0 Å². The zero-order valence-electron chi connectivity index (χ0n) is 20.1. The number of pyridine rings is 1. The van der Waals surface area contributed by atoms with E-state index in [1.54, 1.807) is 0 Å². The number of hydrogen-bond donors (Lipinski definition) is 0. The molecule has 0 spiro atoms. The second kappa shape index (κ2) is 7.78. The van der Waals surface area contributed by atoms with Crippen LogP contribution in [0.25, 0.3) is 71.4 Å². The summed E-state index contributed by atoms with van der Waals surface area (Å²) in [5, 5.41) is 6.18. The maximum atomic E-state index is 4.99. The monoisotopic (exact) mass is 470 g/mol. The van der Waals surface area contributed by atoms with E-state index in [0.29, 0.717) is 0 Å². The molecule has 0 atom stereocenters. The molecule has 0 saturated heterocycles. The standard InChI is InChI=1S/C35H22N2/c1-2-8-26-21-27(18-17-23(26)7-1)24-13-15-25(16-14-24)28-19-20-33-31(22-28)29-9-3-4-10-30(29)35-36-32-11-5-6-12-34(32)37(33)35/h1-22H. The first kappa shape index (κ1) is 20.3. The van der Waals surface area contributed by atoms with Crippen LogP contribution >= 0.6 is 0 Å². The van der Waals surface area contributed by atoms with Gasteiger partial charge in [0, 0.05) is 10.8 Å². The Balaban J connectivity index is 1.30. The minimum Gasteiger partial charge on any atom is -0.292 e. The van der Waals surface area contributed by atoms with Gasteiger partial charge < -0.3 is 0 Å². The molecule has 0 aliphatic rings. The summed E-state index contributed by atoms with van der Waals surface area (Å²) in [6.45, 7) is 0. The molecule has 0 aliphatic heterocycles. The molecular weight excluding hydrogens is 448 g/mol. The number of para-hydroxylation sites is 2. The van der Waals surface area contributed by atoms with Crippen molar-refractivity contribution in [3.8, 4) is 22.3 Å². The molecule has 6 aromatic carbocycles. The summed E-state index contributed by atoms with van der Waals surface area (Å²) in [7, 11) is 0. The van der Waals surface area contributed by atoms with E-state index in [0.717, 1.165) is 16.7 Å². The van der Waals surface area contributed by atoms with Gasteiger partial charge in [0.25, 0.3) is 0 Å². The van der Waals surface area contributed by atoms with Gasteiger partial charge in [-0.15, -0.1) is 0 Å². The fourth-order valence-electron chi connectivity index (χ4n) is 5.71. The minimum atomic E-state index is 1.01. The highest BCUT2D eigenvalue weighted by Gasteiger charge is 2.14. The normalized spacial score (nSPS) is 11.8. The highest BCUT2D eigenvalue weighted by Crippen LogP contribution is 2.35. The van der Waals surface area contributed by atoms with E-state index in [4.69, 9.17) is 4.98 Å². The number of benzene rings is 6. The van der Waals surface area contributed by atoms with Gasteiger partial charge in [-0.1, -0.05) is 103 Å². The van der Waals surface area contributed by atoms with Gasteiger partial charge in [0.05, 0.1) is 16.6 Å². The molecule has 0 aliphatic carbocycles. The van der Waals surface area contributed by atoms with Crippen molar-refractivity contribution in [3.05, 3.63) is 133 Å². The number of imidazole rings is 1. The fourth-order valence-corrected chi connectivity index (χ4v) is 5.71. The molecule has 0 fully saturated rings. The summed E-state index contributed by atoms with van der Waals surface area (Å²) < 4.78 is 2.31. The van der Waals surface area contributed by atoms with Crippen molar-refractivity contribution in [1.29, 1.82) is 0 Å². The lowest BCUT2D eigenvalue weighted by Gasteiger charge is -2.11. The van der Waals surface area contributed by atoms with Gasteiger partial charge in [-0.25, -0.2) is 4.98 Å². The zero-order valence-corrected chi connectivity index (χ0v) is 20.1. The molecular formula is C35H22N2. The molecule has 0 bridgehead atoms. The van der Waals surface area contributed by atoms with E-state index in [1.807, 2.05) is 0 Å². The first-order valence-corrected chi connectivity index (χ1v) is 12.6. The van der Waals surface area contributed by atoms with Crippen LogP contribution in [-0.2, 0) is 0 Å². The van der Waals surface area contributed by atoms with Gasteiger partial charge in [-0.2, -0.15) is 0 Å². The first-order chi connectivity index (χ1) is 18.3. The van der Waals surface area contributed by atoms with Crippen LogP contribution in [0.4, 0.5) is 0 Å². The Hall–Kier alpha value is -4.95. The van der Waals surface area contributed by atoms with Crippen molar-refractivity contribution >= 4 is 49.1 Å². The second-order valence-electron chi connectivity index (χ2n) is 9.68. The van der Waals surface area contributed by atoms with Crippen LogP contribution in [0.15, 0.2) is 133 Å². The van der Waals surface area contributed by atoms with E-state index in [1.165, 1.54) is 54.7 Å². The van der Waals surface area contributed by atoms with Gasteiger partial charge in [0.1, 0.15) is 5.65 Å². The smallest absolute Gasteiger partial charge is 0.146 e. The van der Waals surface area contributed by atoms with Crippen molar-refractivity contribution in [1.82, 2.24) is 9.38 Å². The molecule has 2 heterocycles. The number of fused-ring (bicyclic) bond motifs is 9. The molecule has 0 N–H and O–H groups in total. The molecule has 2 nitrogen and oxygen atoms in total. The number of rotatable bonds is 2. The Morgan fingerprint density at radius 3 is 1.86 bits per heavy atom. The van der Waals surface area contributed by atoms with Crippen LogP contribution in [0.1, 0.15) is 0 Å². The molecule has 8 aromatic rings. The van der Waals surface area contributed by atoms with Crippen LogP contribution in [0, 0.1) is 0 Å². The number of nitrogens with zero attached hydrogens (tertiary/aromatic N) is 2. The molecule has 0 saturated carbocycles. The van der Waals surface area contributed by atoms with E-state index >= 15 is 0 Å². The predicted octanol–water partition coefficient (Wildman–Crippen LogP) is 9.28. The van der Waals surface area contributed by atoms with E-state index in [-0.39, 0.29) is 0 Å². The maximum absolute atomic E-state index is 4.99. The average Bonchev–Trinajstić information content (AvgIpc) is 3.37. The molecule has 172 valence electrons. The van der Waals surface area contributed by atoms with Crippen LogP contribution in [0.5, 0.6) is 0 Å².